The van der Waals surface area contributed by atoms with Gasteiger partial charge in [-0.2, -0.15) is 4.98 Å². The lowest BCUT2D eigenvalue weighted by molar-refractivity contribution is -0.128. The van der Waals surface area contributed by atoms with Gasteiger partial charge < -0.3 is 24.8 Å². The maximum absolute atomic E-state index is 12.6. The van der Waals surface area contributed by atoms with Gasteiger partial charge in [0.1, 0.15) is 5.82 Å². The molecular formula is C25H28N6O2. The maximum Gasteiger partial charge on any atom is 0.242 e. The number of amides is 1. The summed E-state index contributed by atoms with van der Waals surface area (Å²) < 4.78 is 5.44. The lowest BCUT2D eigenvalue weighted by Crippen LogP contribution is -2.36. The molecule has 1 amide bonds. The Kier molecular flexibility index (Phi) is 6.08. The van der Waals surface area contributed by atoms with E-state index >= 15 is 0 Å². The summed E-state index contributed by atoms with van der Waals surface area (Å²) in [6.45, 7) is 4.73. The molecule has 1 N–H and O–H groups in total. The van der Waals surface area contributed by atoms with Crippen LogP contribution in [-0.2, 0) is 22.6 Å². The smallest absolute Gasteiger partial charge is 0.242 e. The van der Waals surface area contributed by atoms with Crippen molar-refractivity contribution in [3.63, 3.8) is 0 Å². The van der Waals surface area contributed by atoms with E-state index in [1.54, 1.807) is 4.90 Å². The first-order valence-electron chi connectivity index (χ1n) is 11.2. The van der Waals surface area contributed by atoms with E-state index in [9.17, 15) is 4.79 Å². The number of likely N-dealkylation sites (N-methyl/N-ethyl adjacent to an activating group) is 1. The van der Waals surface area contributed by atoms with Crippen LogP contribution >= 0.6 is 0 Å². The molecule has 0 aliphatic carbocycles. The maximum atomic E-state index is 12.6. The molecule has 33 heavy (non-hydrogen) atoms. The standard InChI is InChI=1S/C25H28N6O2/c1-29-17-20-15-26-25(27-21-7-9-22(10-8-21)30-11-13-33-14-12-30)28-24(20)31(18-23(29)32)16-19-5-3-2-4-6-19/h2-10,15H,11-14,16-18H2,1H3,(H,26,27,28). The monoisotopic (exact) mass is 444 g/mol. The number of benzene rings is 2. The number of carbonyl (C=O) groups excluding carboxylic acids is 1. The van der Waals surface area contributed by atoms with Crippen LogP contribution in [0.2, 0.25) is 0 Å². The first-order valence-corrected chi connectivity index (χ1v) is 11.2. The fourth-order valence-corrected chi connectivity index (χ4v) is 4.19. The molecule has 1 aromatic heterocycles. The van der Waals surface area contributed by atoms with E-state index in [2.05, 4.69) is 39.5 Å². The van der Waals surface area contributed by atoms with Gasteiger partial charge in [0.25, 0.3) is 0 Å². The van der Waals surface area contributed by atoms with Crippen LogP contribution in [0, 0.1) is 0 Å². The minimum absolute atomic E-state index is 0.0668. The van der Waals surface area contributed by atoms with Gasteiger partial charge in [0.15, 0.2) is 0 Å². The van der Waals surface area contributed by atoms with Gasteiger partial charge in [0, 0.05) is 49.8 Å². The number of nitrogens with one attached hydrogen (secondary N) is 1. The Balaban J connectivity index is 1.37. The minimum atomic E-state index is 0.0668. The van der Waals surface area contributed by atoms with Crippen molar-refractivity contribution in [2.24, 2.45) is 0 Å². The van der Waals surface area contributed by atoms with Crippen molar-refractivity contribution in [3.05, 3.63) is 71.9 Å². The molecule has 1 saturated heterocycles. The summed E-state index contributed by atoms with van der Waals surface area (Å²) in [7, 11) is 1.82. The van der Waals surface area contributed by atoms with Crippen molar-refractivity contribution in [3.8, 4) is 0 Å². The molecule has 0 radical (unpaired) electrons. The van der Waals surface area contributed by atoms with Gasteiger partial charge in [0.2, 0.25) is 11.9 Å². The van der Waals surface area contributed by atoms with E-state index in [0.29, 0.717) is 19.0 Å². The number of hydrogen-bond donors (Lipinski definition) is 1. The first kappa shape index (κ1) is 21.2. The number of fused-ring (bicyclic) bond motifs is 1. The van der Waals surface area contributed by atoms with Crippen LogP contribution in [-0.4, -0.2) is 60.7 Å². The van der Waals surface area contributed by atoms with Gasteiger partial charge in [-0.1, -0.05) is 30.3 Å². The van der Waals surface area contributed by atoms with E-state index in [0.717, 1.165) is 48.9 Å². The summed E-state index contributed by atoms with van der Waals surface area (Å²) in [6, 6.07) is 18.4. The molecule has 2 aliphatic rings. The molecule has 170 valence electrons. The highest BCUT2D eigenvalue weighted by Gasteiger charge is 2.25. The van der Waals surface area contributed by atoms with Crippen LogP contribution in [0.25, 0.3) is 0 Å². The number of hydrogen-bond acceptors (Lipinski definition) is 7. The molecule has 2 aromatic carbocycles. The Labute approximate surface area is 193 Å². The Hall–Kier alpha value is -3.65. The third-order valence-corrected chi connectivity index (χ3v) is 6.02. The Bertz CT molecular complexity index is 1100. The van der Waals surface area contributed by atoms with Gasteiger partial charge in [-0.05, 0) is 29.8 Å². The molecular weight excluding hydrogens is 416 g/mol. The molecule has 3 aromatic rings. The SMILES string of the molecule is CN1Cc2cnc(Nc3ccc(N4CCOCC4)cc3)nc2N(Cc2ccccc2)CC1=O. The molecule has 3 heterocycles. The Morgan fingerprint density at radius 1 is 1.00 bits per heavy atom. The number of rotatable bonds is 5. The lowest BCUT2D eigenvalue weighted by atomic mass is 10.2. The van der Waals surface area contributed by atoms with E-state index in [4.69, 9.17) is 9.72 Å². The molecule has 2 aliphatic heterocycles. The average molecular weight is 445 g/mol. The summed E-state index contributed by atoms with van der Waals surface area (Å²) in [5.41, 5.74) is 4.17. The van der Waals surface area contributed by atoms with Crippen LogP contribution in [0.5, 0.6) is 0 Å². The Morgan fingerprint density at radius 3 is 2.52 bits per heavy atom. The van der Waals surface area contributed by atoms with Crippen LogP contribution in [0.4, 0.5) is 23.1 Å². The van der Waals surface area contributed by atoms with Crippen LogP contribution in [0.3, 0.4) is 0 Å². The highest BCUT2D eigenvalue weighted by atomic mass is 16.5. The van der Waals surface area contributed by atoms with E-state index in [-0.39, 0.29) is 12.5 Å². The minimum Gasteiger partial charge on any atom is -0.378 e. The number of morpholine rings is 1. The van der Waals surface area contributed by atoms with Gasteiger partial charge in [-0.15, -0.1) is 0 Å². The second-order valence-electron chi connectivity index (χ2n) is 8.41. The number of anilines is 4. The third-order valence-electron chi connectivity index (χ3n) is 6.02. The van der Waals surface area contributed by atoms with Crippen molar-refractivity contribution in [2.45, 2.75) is 13.1 Å². The fourth-order valence-electron chi connectivity index (χ4n) is 4.19. The van der Waals surface area contributed by atoms with Crippen molar-refractivity contribution < 1.29 is 9.53 Å². The zero-order valence-electron chi connectivity index (χ0n) is 18.8. The molecule has 8 heteroatoms. The highest BCUT2D eigenvalue weighted by Crippen LogP contribution is 2.27. The van der Waals surface area contributed by atoms with Crippen molar-refractivity contribution in [2.75, 3.05) is 55.0 Å². The normalized spacial score (nSPS) is 16.4. The molecule has 0 bridgehead atoms. The number of ether oxygens (including phenoxy) is 1. The van der Waals surface area contributed by atoms with Crippen LogP contribution in [0.1, 0.15) is 11.1 Å². The van der Waals surface area contributed by atoms with Crippen molar-refractivity contribution in [1.29, 1.82) is 0 Å². The second-order valence-corrected chi connectivity index (χ2v) is 8.41. The van der Waals surface area contributed by atoms with E-state index in [1.165, 1.54) is 5.69 Å². The topological polar surface area (TPSA) is 73.8 Å². The quantitative estimate of drug-likeness (QED) is 0.648. The van der Waals surface area contributed by atoms with Gasteiger partial charge in [-0.25, -0.2) is 4.98 Å². The molecule has 0 spiro atoms. The van der Waals surface area contributed by atoms with Gasteiger partial charge in [-0.3, -0.25) is 4.79 Å². The molecule has 5 rings (SSSR count). The predicted octanol–water partition coefficient (Wildman–Crippen LogP) is 3.04. The van der Waals surface area contributed by atoms with Gasteiger partial charge >= 0.3 is 0 Å². The summed E-state index contributed by atoms with van der Waals surface area (Å²) in [4.78, 5) is 28.1. The zero-order valence-corrected chi connectivity index (χ0v) is 18.8. The summed E-state index contributed by atoms with van der Waals surface area (Å²) >= 11 is 0. The molecule has 0 unspecified atom stereocenters. The molecule has 8 nitrogen and oxygen atoms in total. The van der Waals surface area contributed by atoms with Crippen LogP contribution < -0.4 is 15.1 Å². The first-order chi connectivity index (χ1) is 16.2. The Morgan fingerprint density at radius 2 is 1.76 bits per heavy atom. The number of carbonyl (C=O) groups is 1. The second kappa shape index (κ2) is 9.46. The largest absolute Gasteiger partial charge is 0.378 e. The highest BCUT2D eigenvalue weighted by molar-refractivity contribution is 5.82. The van der Waals surface area contributed by atoms with Crippen molar-refractivity contribution in [1.82, 2.24) is 14.9 Å². The molecule has 0 atom stereocenters. The fraction of sp³-hybridized carbons (Fsp3) is 0.320. The summed E-state index contributed by atoms with van der Waals surface area (Å²) in [5.74, 6) is 1.37. The van der Waals surface area contributed by atoms with E-state index < -0.39 is 0 Å². The van der Waals surface area contributed by atoms with Gasteiger partial charge in [0.05, 0.1) is 26.3 Å². The predicted molar refractivity (Wildman–Crippen MR) is 129 cm³/mol. The third kappa shape index (κ3) is 4.90. The van der Waals surface area contributed by atoms with Crippen molar-refractivity contribution >= 4 is 29.0 Å². The summed E-state index contributed by atoms with van der Waals surface area (Å²) in [5, 5.41) is 3.32. The summed E-state index contributed by atoms with van der Waals surface area (Å²) in [6.07, 6.45) is 1.82. The molecule has 0 saturated carbocycles. The van der Waals surface area contributed by atoms with E-state index in [1.807, 2.05) is 48.5 Å². The number of nitrogens with zero attached hydrogens (tertiary/aromatic N) is 5. The average Bonchev–Trinajstić information content (AvgIpc) is 2.97. The molecule has 1 fully saturated rings. The van der Waals surface area contributed by atoms with Crippen LogP contribution in [0.15, 0.2) is 60.8 Å². The lowest BCUT2D eigenvalue weighted by Gasteiger charge is -2.28. The zero-order chi connectivity index (χ0) is 22.6. The number of aromatic nitrogens is 2.